The SMILES string of the molecule is CCOC(CC)O[P+](=O)C(OC(=O)CCl)c1ccccc1. The Kier molecular flexibility index (Phi) is 8.47. The molecule has 0 N–H and O–H groups in total. The molecule has 1 aromatic carbocycles. The van der Waals surface area contributed by atoms with Gasteiger partial charge in [-0.05, 0) is 11.5 Å². The van der Waals surface area contributed by atoms with E-state index in [4.69, 9.17) is 25.6 Å². The second kappa shape index (κ2) is 9.85. The summed E-state index contributed by atoms with van der Waals surface area (Å²) >= 11 is 5.44. The van der Waals surface area contributed by atoms with Crippen molar-refractivity contribution >= 4 is 25.6 Å². The lowest BCUT2D eigenvalue weighted by molar-refractivity contribution is -0.143. The zero-order valence-electron chi connectivity index (χ0n) is 12.0. The Morgan fingerprint density at radius 2 is 1.95 bits per heavy atom. The van der Waals surface area contributed by atoms with Gasteiger partial charge in [0.05, 0.1) is 0 Å². The molecule has 0 bridgehead atoms. The van der Waals surface area contributed by atoms with Crippen LogP contribution in [0.3, 0.4) is 0 Å². The first kappa shape index (κ1) is 18.1. The number of benzene rings is 1. The quantitative estimate of drug-likeness (QED) is 0.296. The van der Waals surface area contributed by atoms with Gasteiger partial charge < -0.3 is 9.47 Å². The molecule has 0 amide bonds. The highest BCUT2D eigenvalue weighted by atomic mass is 35.5. The van der Waals surface area contributed by atoms with E-state index in [2.05, 4.69) is 0 Å². The summed E-state index contributed by atoms with van der Waals surface area (Å²) in [7, 11) is -2.29. The second-order valence-electron chi connectivity index (χ2n) is 4.07. The molecule has 0 fully saturated rings. The zero-order valence-corrected chi connectivity index (χ0v) is 13.7. The molecule has 7 heteroatoms. The van der Waals surface area contributed by atoms with E-state index in [1.165, 1.54) is 0 Å². The van der Waals surface area contributed by atoms with E-state index in [9.17, 15) is 9.36 Å². The highest BCUT2D eigenvalue weighted by Crippen LogP contribution is 2.44. The van der Waals surface area contributed by atoms with Crippen LogP contribution in [0, 0.1) is 0 Å². The fourth-order valence-electron chi connectivity index (χ4n) is 1.59. The number of ether oxygens (including phenoxy) is 2. The van der Waals surface area contributed by atoms with Gasteiger partial charge in [-0.25, -0.2) is 0 Å². The van der Waals surface area contributed by atoms with Gasteiger partial charge in [0.15, 0.2) is 0 Å². The van der Waals surface area contributed by atoms with Gasteiger partial charge in [0, 0.05) is 18.6 Å². The van der Waals surface area contributed by atoms with Gasteiger partial charge in [-0.1, -0.05) is 37.3 Å². The number of carbonyl (C=O) groups is 1. The molecule has 0 heterocycles. The number of hydrogen-bond donors (Lipinski definition) is 0. The maximum absolute atomic E-state index is 12.4. The maximum Gasteiger partial charge on any atom is 0.561 e. The Bertz CT molecular complexity index is 454. The van der Waals surface area contributed by atoms with Crippen LogP contribution < -0.4 is 0 Å². The van der Waals surface area contributed by atoms with E-state index in [1.54, 1.807) is 24.3 Å². The molecule has 0 aliphatic heterocycles. The highest BCUT2D eigenvalue weighted by molar-refractivity contribution is 7.39. The third kappa shape index (κ3) is 6.10. The van der Waals surface area contributed by atoms with Crippen molar-refractivity contribution in [1.29, 1.82) is 0 Å². The summed E-state index contributed by atoms with van der Waals surface area (Å²) in [5.74, 6) is -1.96. The van der Waals surface area contributed by atoms with Gasteiger partial charge in [-0.3, -0.25) is 4.79 Å². The minimum Gasteiger partial charge on any atom is -0.409 e. The molecular formula is C14H19ClO5P+. The first-order valence-corrected chi connectivity index (χ1v) is 8.45. The molecular weight excluding hydrogens is 315 g/mol. The van der Waals surface area contributed by atoms with Crippen LogP contribution >= 0.6 is 19.6 Å². The van der Waals surface area contributed by atoms with Gasteiger partial charge >= 0.3 is 19.8 Å². The Hall–Kier alpha value is -1.00. The third-order valence-electron chi connectivity index (χ3n) is 2.54. The molecule has 1 rings (SSSR count). The zero-order chi connectivity index (χ0) is 15.7. The number of rotatable bonds is 9. The van der Waals surface area contributed by atoms with Crippen LogP contribution in [-0.2, 0) is 23.4 Å². The van der Waals surface area contributed by atoms with Crippen molar-refractivity contribution in [2.75, 3.05) is 12.5 Å². The average molecular weight is 334 g/mol. The molecule has 0 aromatic heterocycles. The molecule has 5 nitrogen and oxygen atoms in total. The summed E-state index contributed by atoms with van der Waals surface area (Å²) in [5.41, 5.74) is 0.587. The first-order valence-electron chi connectivity index (χ1n) is 6.67. The molecule has 3 unspecified atom stereocenters. The van der Waals surface area contributed by atoms with Crippen molar-refractivity contribution in [3.63, 3.8) is 0 Å². The Morgan fingerprint density at radius 3 is 2.48 bits per heavy atom. The van der Waals surface area contributed by atoms with E-state index in [-0.39, 0.29) is 5.88 Å². The van der Waals surface area contributed by atoms with Gasteiger partial charge in [-0.15, -0.1) is 16.1 Å². The highest BCUT2D eigenvalue weighted by Gasteiger charge is 2.40. The third-order valence-corrected chi connectivity index (χ3v) is 3.98. The molecule has 0 aliphatic rings. The standard InChI is InChI=1S/C14H19ClO5P/c1-3-13(18-4-2)20-21(17)14(19-12(16)10-15)11-8-6-5-7-9-11/h5-9,13-14H,3-4,10H2,1-2H3/q+1. The lowest BCUT2D eigenvalue weighted by Crippen LogP contribution is -2.16. The molecule has 1 aromatic rings. The van der Waals surface area contributed by atoms with Crippen LogP contribution in [0.25, 0.3) is 0 Å². The monoisotopic (exact) mass is 333 g/mol. The molecule has 0 aliphatic carbocycles. The Balaban J connectivity index is 2.85. The number of carbonyl (C=O) groups excluding carboxylic acids is 1. The van der Waals surface area contributed by atoms with Gasteiger partial charge in [0.25, 0.3) is 0 Å². The van der Waals surface area contributed by atoms with Crippen LogP contribution in [0.4, 0.5) is 0 Å². The van der Waals surface area contributed by atoms with E-state index < -0.39 is 26.1 Å². The van der Waals surface area contributed by atoms with E-state index >= 15 is 0 Å². The van der Waals surface area contributed by atoms with Crippen molar-refractivity contribution in [1.82, 2.24) is 0 Å². The summed E-state index contributed by atoms with van der Waals surface area (Å²) in [6.45, 7) is 4.12. The predicted molar refractivity (Wildman–Crippen MR) is 80.4 cm³/mol. The summed E-state index contributed by atoms with van der Waals surface area (Å²) in [4.78, 5) is 11.4. The van der Waals surface area contributed by atoms with Crippen molar-refractivity contribution in [2.45, 2.75) is 32.4 Å². The summed E-state index contributed by atoms with van der Waals surface area (Å²) < 4.78 is 28.2. The van der Waals surface area contributed by atoms with Gasteiger partial charge in [-0.2, -0.15) is 0 Å². The topological polar surface area (TPSA) is 61.8 Å². The predicted octanol–water partition coefficient (Wildman–Crippen LogP) is 4.00. The first-order chi connectivity index (χ1) is 10.1. The van der Waals surface area contributed by atoms with E-state index in [1.807, 2.05) is 19.9 Å². The maximum atomic E-state index is 12.4. The molecule has 3 atom stereocenters. The van der Waals surface area contributed by atoms with E-state index in [0.717, 1.165) is 0 Å². The number of hydrogen-bond acceptors (Lipinski definition) is 5. The minimum atomic E-state index is -2.29. The van der Waals surface area contributed by atoms with Crippen LogP contribution in [0.15, 0.2) is 30.3 Å². The van der Waals surface area contributed by atoms with Crippen LogP contribution in [0.5, 0.6) is 0 Å². The Morgan fingerprint density at radius 1 is 1.29 bits per heavy atom. The van der Waals surface area contributed by atoms with Gasteiger partial charge in [0.1, 0.15) is 5.88 Å². The fraction of sp³-hybridized carbons (Fsp3) is 0.500. The molecule has 0 spiro atoms. The number of alkyl halides is 1. The van der Waals surface area contributed by atoms with Crippen molar-refractivity contribution in [3.05, 3.63) is 35.9 Å². The smallest absolute Gasteiger partial charge is 0.409 e. The van der Waals surface area contributed by atoms with E-state index in [0.29, 0.717) is 18.6 Å². The summed E-state index contributed by atoms with van der Waals surface area (Å²) in [6.07, 6.45) is -0.0561. The second-order valence-corrected chi connectivity index (χ2v) is 5.59. The molecule has 0 saturated heterocycles. The van der Waals surface area contributed by atoms with Crippen LogP contribution in [0.2, 0.25) is 0 Å². The van der Waals surface area contributed by atoms with Crippen molar-refractivity contribution in [2.24, 2.45) is 0 Å². The van der Waals surface area contributed by atoms with Gasteiger partial charge in [0.2, 0.25) is 6.29 Å². The Labute approximate surface area is 130 Å². The van der Waals surface area contributed by atoms with Crippen molar-refractivity contribution in [3.8, 4) is 0 Å². The normalized spacial score (nSPS) is 14.3. The lowest BCUT2D eigenvalue weighted by Gasteiger charge is -2.12. The summed E-state index contributed by atoms with van der Waals surface area (Å²) in [6, 6.07) is 8.77. The molecule has 116 valence electrons. The number of esters is 1. The summed E-state index contributed by atoms with van der Waals surface area (Å²) in [5, 5.41) is 0. The van der Waals surface area contributed by atoms with Crippen LogP contribution in [-0.4, -0.2) is 24.7 Å². The fourth-order valence-corrected chi connectivity index (χ4v) is 2.82. The average Bonchev–Trinajstić information content (AvgIpc) is 2.52. The minimum absolute atomic E-state index is 0.310. The largest absolute Gasteiger partial charge is 0.561 e. The number of halogens is 1. The van der Waals surface area contributed by atoms with Crippen molar-refractivity contribution < 1.29 is 23.4 Å². The van der Waals surface area contributed by atoms with Crippen LogP contribution in [0.1, 0.15) is 31.7 Å². The molecule has 21 heavy (non-hydrogen) atoms. The lowest BCUT2D eigenvalue weighted by atomic mass is 10.2. The molecule has 0 radical (unpaired) electrons. The molecule has 0 saturated carbocycles.